The van der Waals surface area contributed by atoms with E-state index in [1.165, 1.54) is 0 Å². The van der Waals surface area contributed by atoms with Crippen molar-refractivity contribution in [1.29, 1.82) is 5.26 Å². The maximum absolute atomic E-state index is 12.8. The van der Waals surface area contributed by atoms with Gasteiger partial charge in [-0.15, -0.1) is 0 Å². The van der Waals surface area contributed by atoms with Gasteiger partial charge in [0.05, 0.1) is 29.1 Å². The van der Waals surface area contributed by atoms with Crippen molar-refractivity contribution in [2.24, 2.45) is 5.41 Å². The summed E-state index contributed by atoms with van der Waals surface area (Å²) in [5, 5.41) is 12.5. The van der Waals surface area contributed by atoms with Crippen molar-refractivity contribution < 1.29 is 19.1 Å². The van der Waals surface area contributed by atoms with Crippen LogP contribution in [0.15, 0.2) is 30.6 Å². The molecule has 0 radical (unpaired) electrons. The third-order valence-electron chi connectivity index (χ3n) is 8.10. The molecule has 1 aromatic heterocycles. The van der Waals surface area contributed by atoms with Crippen molar-refractivity contribution in [3.8, 4) is 11.8 Å². The highest BCUT2D eigenvalue weighted by Gasteiger charge is 2.46. The molecule has 0 atom stereocenters. The lowest BCUT2D eigenvalue weighted by atomic mass is 9.72. The summed E-state index contributed by atoms with van der Waals surface area (Å²) in [6.45, 7) is 8.79. The van der Waals surface area contributed by atoms with Crippen LogP contribution in [0.1, 0.15) is 75.3 Å². The Balaban J connectivity index is 1.04. The summed E-state index contributed by atoms with van der Waals surface area (Å²) in [4.78, 5) is 38.1. The summed E-state index contributed by atoms with van der Waals surface area (Å²) in [6.07, 6.45) is 8.10. The first kappa shape index (κ1) is 28.9. The van der Waals surface area contributed by atoms with Crippen molar-refractivity contribution in [2.75, 3.05) is 31.1 Å². The van der Waals surface area contributed by atoms with Gasteiger partial charge in [0.15, 0.2) is 0 Å². The highest BCUT2D eigenvalue weighted by molar-refractivity contribution is 6.31. The second-order valence-electron chi connectivity index (χ2n) is 12.4. The summed E-state index contributed by atoms with van der Waals surface area (Å²) in [5.41, 5.74) is 0.428. The Morgan fingerprint density at radius 2 is 1.80 bits per heavy atom. The summed E-state index contributed by atoms with van der Waals surface area (Å²) in [5.74, 6) is 1.19. The zero-order chi connectivity index (χ0) is 29.2. The van der Waals surface area contributed by atoms with Gasteiger partial charge in [0, 0.05) is 43.7 Å². The quantitative estimate of drug-likeness (QED) is 0.527. The average Bonchev–Trinajstić information content (AvgIpc) is 2.92. The predicted molar refractivity (Wildman–Crippen MR) is 154 cm³/mol. The number of hydrogen-bond acceptors (Lipinski definition) is 8. The summed E-state index contributed by atoms with van der Waals surface area (Å²) in [6, 6.07) is 7.19. The van der Waals surface area contributed by atoms with Gasteiger partial charge in [-0.1, -0.05) is 11.6 Å². The van der Waals surface area contributed by atoms with Crippen LogP contribution < -0.4 is 15.0 Å². The fourth-order valence-corrected chi connectivity index (χ4v) is 5.98. The molecular formula is C30H37ClN6O4. The normalized spacial score (nSPS) is 21.9. The highest BCUT2D eigenvalue weighted by Crippen LogP contribution is 2.42. The molecule has 3 fully saturated rings. The number of aromatic nitrogens is 2. The van der Waals surface area contributed by atoms with Crippen molar-refractivity contribution in [2.45, 2.75) is 77.0 Å². The molecule has 3 heterocycles. The second-order valence-corrected chi connectivity index (χ2v) is 12.8. The van der Waals surface area contributed by atoms with Crippen LogP contribution in [0, 0.1) is 16.7 Å². The SMILES string of the molecule is CC(C)(C)OC(=O)N1CCC2(CC1)CN(c1cnc(C(=O)NC3CCC(Oc4ccc(C#N)c(Cl)c4)CC3)cn1)C2. The van der Waals surface area contributed by atoms with Crippen molar-refractivity contribution >= 4 is 29.4 Å². The molecule has 0 bridgehead atoms. The number of rotatable bonds is 5. The smallest absolute Gasteiger partial charge is 0.410 e. The number of nitrogens with one attached hydrogen (secondary N) is 1. The van der Waals surface area contributed by atoms with Crippen molar-refractivity contribution in [3.63, 3.8) is 0 Å². The first-order chi connectivity index (χ1) is 19.5. The minimum atomic E-state index is -0.487. The van der Waals surface area contributed by atoms with Crippen LogP contribution in [-0.4, -0.2) is 70.8 Å². The van der Waals surface area contributed by atoms with E-state index in [0.29, 0.717) is 35.1 Å². The number of benzene rings is 1. The van der Waals surface area contributed by atoms with E-state index in [0.717, 1.165) is 57.4 Å². The van der Waals surface area contributed by atoms with E-state index in [1.807, 2.05) is 26.8 Å². The predicted octanol–water partition coefficient (Wildman–Crippen LogP) is 4.96. The Labute approximate surface area is 246 Å². The van der Waals surface area contributed by atoms with Crippen molar-refractivity contribution in [1.82, 2.24) is 20.2 Å². The molecule has 3 aliphatic rings. The molecule has 10 nitrogen and oxygen atoms in total. The number of carbonyl (C=O) groups excluding carboxylic acids is 2. The summed E-state index contributed by atoms with van der Waals surface area (Å²) in [7, 11) is 0. The molecule has 41 heavy (non-hydrogen) atoms. The molecule has 218 valence electrons. The van der Waals surface area contributed by atoms with E-state index >= 15 is 0 Å². The molecule has 1 aromatic carbocycles. The van der Waals surface area contributed by atoms with Crippen LogP contribution in [-0.2, 0) is 4.74 Å². The topological polar surface area (TPSA) is 121 Å². The number of ether oxygens (including phenoxy) is 2. The van der Waals surface area contributed by atoms with Crippen LogP contribution in [0.5, 0.6) is 5.75 Å². The maximum atomic E-state index is 12.8. The van der Waals surface area contributed by atoms with Gasteiger partial charge in [-0.25, -0.2) is 14.8 Å². The average molecular weight is 581 g/mol. The lowest BCUT2D eigenvalue weighted by molar-refractivity contribution is 0.00587. The minimum Gasteiger partial charge on any atom is -0.490 e. The van der Waals surface area contributed by atoms with E-state index in [1.54, 1.807) is 35.5 Å². The standard InChI is InChI=1S/C30H37ClN6O4/c1-29(2,3)41-28(39)36-12-10-30(11-13-36)18-37(19-30)26-17-33-25(16-34-26)27(38)35-21-5-8-22(9-6-21)40-23-7-4-20(15-32)24(31)14-23/h4,7,14,16-17,21-22H,5-6,8-13,18-19H2,1-3H3,(H,35,38). The number of hydrogen-bond donors (Lipinski definition) is 1. The van der Waals surface area contributed by atoms with Gasteiger partial charge < -0.3 is 24.6 Å². The fraction of sp³-hybridized carbons (Fsp3) is 0.567. The number of halogens is 1. The molecule has 1 aliphatic carbocycles. The Hall–Kier alpha value is -3.58. The van der Waals surface area contributed by atoms with Crippen LogP contribution in [0.4, 0.5) is 10.6 Å². The number of nitrogens with zero attached hydrogens (tertiary/aromatic N) is 5. The number of amides is 2. The number of nitriles is 1. The number of piperidine rings is 1. The van der Waals surface area contributed by atoms with E-state index in [-0.39, 0.29) is 29.6 Å². The Morgan fingerprint density at radius 1 is 1.10 bits per heavy atom. The van der Waals surface area contributed by atoms with Crippen LogP contribution in [0.3, 0.4) is 0 Å². The van der Waals surface area contributed by atoms with Gasteiger partial charge in [0.25, 0.3) is 5.91 Å². The monoisotopic (exact) mass is 580 g/mol. The molecule has 1 N–H and O–H groups in total. The van der Waals surface area contributed by atoms with E-state index in [9.17, 15) is 9.59 Å². The second kappa shape index (κ2) is 11.7. The molecule has 2 saturated heterocycles. The summed E-state index contributed by atoms with van der Waals surface area (Å²) < 4.78 is 11.6. The highest BCUT2D eigenvalue weighted by atomic mass is 35.5. The van der Waals surface area contributed by atoms with E-state index in [2.05, 4.69) is 20.2 Å². The van der Waals surface area contributed by atoms with Crippen molar-refractivity contribution in [3.05, 3.63) is 46.9 Å². The number of carbonyl (C=O) groups is 2. The molecular weight excluding hydrogens is 544 g/mol. The van der Waals surface area contributed by atoms with E-state index < -0.39 is 5.60 Å². The lowest BCUT2D eigenvalue weighted by Gasteiger charge is -2.54. The molecule has 5 rings (SSSR count). The molecule has 1 saturated carbocycles. The Bertz CT molecular complexity index is 1300. The van der Waals surface area contributed by atoms with Gasteiger partial charge in [-0.3, -0.25) is 4.79 Å². The van der Waals surface area contributed by atoms with Crippen LogP contribution in [0.2, 0.25) is 5.02 Å². The zero-order valence-corrected chi connectivity index (χ0v) is 24.6. The largest absolute Gasteiger partial charge is 0.490 e. The van der Waals surface area contributed by atoms with Gasteiger partial charge in [-0.2, -0.15) is 5.26 Å². The van der Waals surface area contributed by atoms with Gasteiger partial charge >= 0.3 is 6.09 Å². The fourth-order valence-electron chi connectivity index (χ4n) is 5.77. The molecule has 2 aromatic rings. The maximum Gasteiger partial charge on any atom is 0.410 e. The third-order valence-corrected chi connectivity index (χ3v) is 8.41. The van der Waals surface area contributed by atoms with E-state index in [4.69, 9.17) is 26.3 Å². The van der Waals surface area contributed by atoms with Crippen LogP contribution >= 0.6 is 11.6 Å². The molecule has 2 amide bonds. The molecule has 2 aliphatic heterocycles. The first-order valence-electron chi connectivity index (χ1n) is 14.2. The van der Waals surface area contributed by atoms with Crippen LogP contribution in [0.25, 0.3) is 0 Å². The molecule has 1 spiro atoms. The minimum absolute atomic E-state index is 0.0376. The molecule has 0 unspecified atom stereocenters. The Morgan fingerprint density at radius 3 is 2.39 bits per heavy atom. The first-order valence-corrected chi connectivity index (χ1v) is 14.6. The van der Waals surface area contributed by atoms with Gasteiger partial charge in [-0.05, 0) is 71.4 Å². The lowest BCUT2D eigenvalue weighted by Crippen LogP contribution is -2.61. The number of anilines is 1. The number of likely N-dealkylation sites (tertiary alicyclic amines) is 1. The zero-order valence-electron chi connectivity index (χ0n) is 23.9. The summed E-state index contributed by atoms with van der Waals surface area (Å²) >= 11 is 6.11. The van der Waals surface area contributed by atoms with Gasteiger partial charge in [0.2, 0.25) is 0 Å². The Kier molecular flexibility index (Phi) is 8.28. The molecule has 11 heteroatoms. The third kappa shape index (κ3) is 7.02. The van der Waals surface area contributed by atoms with Gasteiger partial charge in [0.1, 0.15) is 28.9 Å².